The molecule has 0 radical (unpaired) electrons. The van der Waals surface area contributed by atoms with Gasteiger partial charge in [-0.25, -0.2) is 0 Å². The molecule has 2 aliphatic heterocycles. The molecule has 0 saturated carbocycles. The van der Waals surface area contributed by atoms with Crippen molar-refractivity contribution in [2.75, 3.05) is 0 Å². The number of nitrogens with zero attached hydrogens (tertiary/aromatic N) is 2. The second-order valence-electron chi connectivity index (χ2n) is 11.6. The van der Waals surface area contributed by atoms with Crippen molar-refractivity contribution in [3.63, 3.8) is 0 Å². The van der Waals surface area contributed by atoms with Gasteiger partial charge >= 0.3 is 0 Å². The predicted molar refractivity (Wildman–Crippen MR) is 122 cm³/mol. The molecule has 2 N–H and O–H groups in total. The van der Waals surface area contributed by atoms with E-state index in [1.807, 2.05) is 27.7 Å². The smallest absolute Gasteiger partial charge is 0.101 e. The Morgan fingerprint density at radius 2 is 1.17 bits per heavy atom. The van der Waals surface area contributed by atoms with Crippen LogP contribution in [-0.2, 0) is 9.47 Å². The molecule has 2 heterocycles. The lowest BCUT2D eigenvalue weighted by Gasteiger charge is -2.51. The van der Waals surface area contributed by atoms with Crippen molar-refractivity contribution >= 4 is 0 Å². The van der Waals surface area contributed by atoms with Crippen molar-refractivity contribution < 1.29 is 19.9 Å². The molecule has 0 aromatic carbocycles. The summed E-state index contributed by atoms with van der Waals surface area (Å²) in [6, 6.07) is 0. The Morgan fingerprint density at radius 1 is 0.833 bits per heavy atom. The predicted octanol–water partition coefficient (Wildman–Crippen LogP) is 5.77. The van der Waals surface area contributed by atoms with Crippen LogP contribution in [0.1, 0.15) is 101 Å². The van der Waals surface area contributed by atoms with E-state index in [-0.39, 0.29) is 34.4 Å². The number of hydrogen-bond acceptors (Lipinski definition) is 6. The van der Waals surface area contributed by atoms with Crippen LogP contribution in [0.2, 0.25) is 0 Å². The molecule has 2 rings (SSSR count). The van der Waals surface area contributed by atoms with Crippen molar-refractivity contribution in [1.29, 1.82) is 0 Å². The second kappa shape index (κ2) is 9.86. The van der Waals surface area contributed by atoms with Crippen LogP contribution in [0.4, 0.5) is 0 Å². The molecule has 0 bridgehead atoms. The van der Waals surface area contributed by atoms with Crippen LogP contribution >= 0.6 is 0 Å². The lowest BCUT2D eigenvalue weighted by atomic mass is 9.80. The summed E-state index contributed by atoms with van der Waals surface area (Å²) in [4.78, 5) is 0. The molecular weight excluding hydrogens is 380 g/mol. The fourth-order valence-corrected chi connectivity index (χ4v) is 5.11. The Kier molecular flexibility index (Phi) is 9.00. The molecule has 2 saturated heterocycles. The van der Waals surface area contributed by atoms with Gasteiger partial charge in [0.1, 0.15) is 6.10 Å². The maximum Gasteiger partial charge on any atom is 0.101 e. The molecule has 6 nitrogen and oxygen atoms in total. The SMILES string of the molecule is C=COC1CC(C)(C)N(O)C(C)(C)C1.CCC(C)OC1CC(C)(C)N(O)C(C)(C)C1. The van der Waals surface area contributed by atoms with Gasteiger partial charge in [0.05, 0.1) is 18.5 Å². The highest BCUT2D eigenvalue weighted by atomic mass is 16.5. The topological polar surface area (TPSA) is 65.4 Å². The van der Waals surface area contributed by atoms with E-state index in [1.165, 1.54) is 16.4 Å². The third kappa shape index (κ3) is 6.92. The van der Waals surface area contributed by atoms with Crippen molar-refractivity contribution in [2.45, 2.75) is 142 Å². The fourth-order valence-electron chi connectivity index (χ4n) is 5.11. The first kappa shape index (κ1) is 27.4. The van der Waals surface area contributed by atoms with E-state index in [4.69, 9.17) is 9.47 Å². The highest BCUT2D eigenvalue weighted by molar-refractivity contribution is 4.98. The number of hydrogen-bond donors (Lipinski definition) is 2. The van der Waals surface area contributed by atoms with E-state index in [1.54, 1.807) is 0 Å². The first-order valence-corrected chi connectivity index (χ1v) is 11.4. The van der Waals surface area contributed by atoms with Crippen LogP contribution in [0, 0.1) is 0 Å². The minimum absolute atomic E-state index is 0.154. The van der Waals surface area contributed by atoms with Gasteiger partial charge in [-0.3, -0.25) is 0 Å². The standard InChI is InChI=1S/C13H27NO2.C11H21NO2/c1-7-10(2)16-11-8-12(3,4)14(15)13(5,6)9-11;1-6-14-9-7-10(2,3)12(13)11(4,5)8-9/h10-11,15H,7-9H2,1-6H3;6,9,13H,1,7-8H2,2-5H3. The van der Waals surface area contributed by atoms with Crippen molar-refractivity contribution in [1.82, 2.24) is 10.1 Å². The van der Waals surface area contributed by atoms with E-state index >= 15 is 0 Å². The maximum atomic E-state index is 10.2. The molecule has 0 amide bonds. The van der Waals surface area contributed by atoms with Crippen LogP contribution in [0.5, 0.6) is 0 Å². The third-order valence-electron chi connectivity index (χ3n) is 6.49. The van der Waals surface area contributed by atoms with Crippen molar-refractivity contribution in [3.05, 3.63) is 12.8 Å². The minimum atomic E-state index is -0.241. The average Bonchev–Trinajstić information content (AvgIpc) is 2.57. The summed E-state index contributed by atoms with van der Waals surface area (Å²) in [6.45, 7) is 24.2. The largest absolute Gasteiger partial charge is 0.499 e. The van der Waals surface area contributed by atoms with E-state index in [2.05, 4.69) is 48.1 Å². The fraction of sp³-hybridized carbons (Fsp3) is 0.917. The number of rotatable bonds is 5. The molecule has 30 heavy (non-hydrogen) atoms. The summed E-state index contributed by atoms with van der Waals surface area (Å²) >= 11 is 0. The maximum absolute atomic E-state index is 10.2. The van der Waals surface area contributed by atoms with E-state index in [0.29, 0.717) is 6.10 Å². The Morgan fingerprint density at radius 3 is 1.47 bits per heavy atom. The molecule has 0 aliphatic carbocycles. The molecule has 1 atom stereocenters. The van der Waals surface area contributed by atoms with Gasteiger partial charge in [0.15, 0.2) is 0 Å². The molecule has 2 fully saturated rings. The minimum Gasteiger partial charge on any atom is -0.499 e. The van der Waals surface area contributed by atoms with Crippen LogP contribution in [0.3, 0.4) is 0 Å². The number of hydroxylamine groups is 4. The molecule has 0 aromatic rings. The normalized spacial score (nSPS) is 27.6. The molecule has 6 heteroatoms. The van der Waals surface area contributed by atoms with Crippen molar-refractivity contribution in [3.8, 4) is 0 Å². The average molecular weight is 429 g/mol. The van der Waals surface area contributed by atoms with Crippen molar-refractivity contribution in [2.24, 2.45) is 0 Å². The van der Waals surface area contributed by atoms with Gasteiger partial charge in [0.2, 0.25) is 0 Å². The molecule has 178 valence electrons. The summed E-state index contributed by atoms with van der Waals surface area (Å²) < 4.78 is 11.5. The van der Waals surface area contributed by atoms with Gasteiger partial charge in [-0.05, 0) is 81.6 Å². The van der Waals surface area contributed by atoms with Gasteiger partial charge in [-0.1, -0.05) is 13.5 Å². The lowest BCUT2D eigenvalue weighted by Crippen LogP contribution is -2.60. The first-order valence-electron chi connectivity index (χ1n) is 11.4. The summed E-state index contributed by atoms with van der Waals surface area (Å²) in [6.07, 6.45) is 6.65. The van der Waals surface area contributed by atoms with Gasteiger partial charge < -0.3 is 19.9 Å². The molecule has 1 unspecified atom stereocenters. The van der Waals surface area contributed by atoms with Crippen LogP contribution in [0.25, 0.3) is 0 Å². The van der Waals surface area contributed by atoms with Crippen LogP contribution in [-0.4, -0.2) is 61.0 Å². The van der Waals surface area contributed by atoms with Crippen LogP contribution in [0.15, 0.2) is 12.8 Å². The Bertz CT molecular complexity index is 523. The monoisotopic (exact) mass is 428 g/mol. The molecule has 0 spiro atoms. The number of piperidine rings is 2. The van der Waals surface area contributed by atoms with Gasteiger partial charge in [0.25, 0.3) is 0 Å². The van der Waals surface area contributed by atoms with E-state index in [0.717, 1.165) is 32.1 Å². The summed E-state index contributed by atoms with van der Waals surface area (Å²) in [5.41, 5.74) is -0.898. The molecule has 0 aromatic heterocycles. The molecule has 2 aliphatic rings. The van der Waals surface area contributed by atoms with E-state index in [9.17, 15) is 10.4 Å². The zero-order valence-corrected chi connectivity index (χ0v) is 21.2. The number of ether oxygens (including phenoxy) is 2. The third-order valence-corrected chi connectivity index (χ3v) is 6.49. The summed E-state index contributed by atoms with van der Waals surface area (Å²) in [5.74, 6) is 0. The van der Waals surface area contributed by atoms with Gasteiger partial charge in [-0.15, -0.1) is 0 Å². The molecular formula is C24H48N2O4. The van der Waals surface area contributed by atoms with Crippen LogP contribution < -0.4 is 0 Å². The van der Waals surface area contributed by atoms with Gasteiger partial charge in [-0.2, -0.15) is 10.1 Å². The Balaban J connectivity index is 0.000000303. The summed E-state index contributed by atoms with van der Waals surface area (Å²) in [7, 11) is 0. The summed E-state index contributed by atoms with van der Waals surface area (Å²) in [5, 5.41) is 23.1. The quantitative estimate of drug-likeness (QED) is 0.542. The Labute approximate surface area is 185 Å². The zero-order valence-electron chi connectivity index (χ0n) is 21.2. The lowest BCUT2D eigenvalue weighted by molar-refractivity contribution is -0.264. The van der Waals surface area contributed by atoms with Gasteiger partial charge in [0, 0.05) is 35.0 Å². The zero-order chi connectivity index (χ0) is 23.5. The highest BCUT2D eigenvalue weighted by Crippen LogP contribution is 2.39. The van der Waals surface area contributed by atoms with E-state index < -0.39 is 0 Å². The Hall–Kier alpha value is -0.660. The highest BCUT2D eigenvalue weighted by Gasteiger charge is 2.46. The first-order chi connectivity index (χ1) is 13.5. The second-order valence-corrected chi connectivity index (χ2v) is 11.6.